The topological polar surface area (TPSA) is 125 Å². The predicted octanol–water partition coefficient (Wildman–Crippen LogP) is 3.82. The maximum absolute atomic E-state index is 13.2. The number of nitrogens with zero attached hydrogens (tertiary/aromatic N) is 5. The van der Waals surface area contributed by atoms with Crippen molar-refractivity contribution in [2.75, 3.05) is 11.1 Å². The van der Waals surface area contributed by atoms with E-state index in [1.807, 2.05) is 6.07 Å². The lowest BCUT2D eigenvalue weighted by molar-refractivity contribution is -0.383. The quantitative estimate of drug-likeness (QED) is 0.260. The zero-order chi connectivity index (χ0) is 23.1. The zero-order valence-electron chi connectivity index (χ0n) is 16.8. The van der Waals surface area contributed by atoms with Crippen LogP contribution >= 0.6 is 23.4 Å². The molecule has 0 spiro atoms. The van der Waals surface area contributed by atoms with Gasteiger partial charge in [0.2, 0.25) is 5.91 Å². The number of fused-ring (bicyclic) bond motifs is 2. The molecule has 0 aliphatic carbocycles. The minimum Gasteiger partial charge on any atom is -0.320 e. The molecule has 5 rings (SSSR count). The number of aromatic nitrogens is 4. The Kier molecular flexibility index (Phi) is 5.35. The van der Waals surface area contributed by atoms with Gasteiger partial charge in [-0.1, -0.05) is 41.6 Å². The summed E-state index contributed by atoms with van der Waals surface area (Å²) in [7, 11) is 0. The third kappa shape index (κ3) is 3.85. The van der Waals surface area contributed by atoms with Crippen molar-refractivity contribution in [1.29, 1.82) is 0 Å². The summed E-state index contributed by atoms with van der Waals surface area (Å²) in [6.07, 6.45) is 1.42. The van der Waals surface area contributed by atoms with Gasteiger partial charge in [-0.15, -0.1) is 0 Å². The standard InChI is InChI=1S/C21H15ClN6O4S/c22-12-4-3-5-13(8-12)27-19-15(10-23-27)20(30)26-14(11-33-21(26)25-19)9-18(29)24-16-6-1-2-7-17(16)28(31)32/h1-8,10,14H,9,11H2,(H,24,29). The van der Waals surface area contributed by atoms with E-state index in [9.17, 15) is 19.7 Å². The Bertz CT molecular complexity index is 1480. The van der Waals surface area contributed by atoms with Gasteiger partial charge in [0.15, 0.2) is 10.8 Å². The summed E-state index contributed by atoms with van der Waals surface area (Å²) in [6, 6.07) is 12.5. The first-order valence-electron chi connectivity index (χ1n) is 9.84. The van der Waals surface area contributed by atoms with E-state index in [4.69, 9.17) is 11.6 Å². The van der Waals surface area contributed by atoms with Crippen LogP contribution in [0.3, 0.4) is 0 Å². The molecule has 0 fully saturated rings. The highest BCUT2D eigenvalue weighted by atomic mass is 35.5. The fraction of sp³-hybridized carbons (Fsp3) is 0.143. The average Bonchev–Trinajstić information content (AvgIpc) is 3.39. The number of anilines is 1. The summed E-state index contributed by atoms with van der Waals surface area (Å²) >= 11 is 7.45. The van der Waals surface area contributed by atoms with Crippen molar-refractivity contribution < 1.29 is 9.72 Å². The van der Waals surface area contributed by atoms with Crippen LogP contribution in [0.1, 0.15) is 12.5 Å². The molecule has 0 radical (unpaired) electrons. The van der Waals surface area contributed by atoms with Crippen LogP contribution in [-0.4, -0.2) is 35.9 Å². The molecule has 1 amide bonds. The minimum absolute atomic E-state index is 0.0262. The van der Waals surface area contributed by atoms with Crippen molar-refractivity contribution in [3.05, 3.63) is 80.2 Å². The molecule has 0 saturated heterocycles. The van der Waals surface area contributed by atoms with Gasteiger partial charge >= 0.3 is 0 Å². The van der Waals surface area contributed by atoms with Crippen LogP contribution in [0.25, 0.3) is 16.7 Å². The van der Waals surface area contributed by atoms with Crippen LogP contribution in [0.2, 0.25) is 5.02 Å². The number of benzene rings is 2. The first-order valence-corrected chi connectivity index (χ1v) is 11.2. The Labute approximate surface area is 195 Å². The smallest absolute Gasteiger partial charge is 0.292 e. The Morgan fingerprint density at radius 1 is 1.27 bits per heavy atom. The monoisotopic (exact) mass is 482 g/mol. The SMILES string of the molecule is O=C(CC1CSc2nc3c(cnn3-c3cccc(Cl)c3)c(=O)n21)Nc1ccccc1[N+](=O)[O-]. The normalized spacial score (nSPS) is 14.9. The van der Waals surface area contributed by atoms with Gasteiger partial charge in [-0.2, -0.15) is 5.10 Å². The Hall–Kier alpha value is -3.70. The number of hydrogen-bond donors (Lipinski definition) is 1. The molecule has 4 aromatic rings. The van der Waals surface area contributed by atoms with Gasteiger partial charge in [-0.25, -0.2) is 9.67 Å². The van der Waals surface area contributed by atoms with E-state index < -0.39 is 16.9 Å². The highest BCUT2D eigenvalue weighted by Gasteiger charge is 2.30. The molecule has 0 saturated carbocycles. The summed E-state index contributed by atoms with van der Waals surface area (Å²) in [6.45, 7) is 0. The molecule has 1 aliphatic rings. The predicted molar refractivity (Wildman–Crippen MR) is 124 cm³/mol. The van der Waals surface area contributed by atoms with Crippen molar-refractivity contribution in [3.8, 4) is 5.69 Å². The van der Waals surface area contributed by atoms with Crippen molar-refractivity contribution >= 4 is 51.7 Å². The molecule has 10 nitrogen and oxygen atoms in total. The molecule has 2 aromatic carbocycles. The number of thioether (sulfide) groups is 1. The molecule has 0 bridgehead atoms. The fourth-order valence-corrected chi connectivity index (χ4v) is 5.05. The molecule has 1 unspecified atom stereocenters. The van der Waals surface area contributed by atoms with E-state index in [2.05, 4.69) is 15.4 Å². The van der Waals surface area contributed by atoms with E-state index in [1.54, 1.807) is 28.9 Å². The van der Waals surface area contributed by atoms with Crippen LogP contribution in [0, 0.1) is 10.1 Å². The van der Waals surface area contributed by atoms with Crippen LogP contribution in [0.4, 0.5) is 11.4 Å². The van der Waals surface area contributed by atoms with Gasteiger partial charge in [0, 0.05) is 23.3 Å². The number of para-hydroxylation sites is 2. The number of nitro benzene ring substituents is 1. The first-order chi connectivity index (χ1) is 15.9. The van der Waals surface area contributed by atoms with Crippen LogP contribution < -0.4 is 10.9 Å². The third-order valence-electron chi connectivity index (χ3n) is 5.22. The first kappa shape index (κ1) is 21.2. The number of carbonyl (C=O) groups is 1. The molecular weight excluding hydrogens is 468 g/mol. The van der Waals surface area contributed by atoms with E-state index in [-0.39, 0.29) is 23.4 Å². The van der Waals surface area contributed by atoms with Crippen molar-refractivity contribution in [2.24, 2.45) is 0 Å². The Morgan fingerprint density at radius 3 is 2.88 bits per heavy atom. The highest BCUT2D eigenvalue weighted by Crippen LogP contribution is 2.34. The summed E-state index contributed by atoms with van der Waals surface area (Å²) in [5.74, 6) is 0.0494. The third-order valence-corrected chi connectivity index (χ3v) is 6.55. The lowest BCUT2D eigenvalue weighted by Gasteiger charge is -2.13. The second-order valence-electron chi connectivity index (χ2n) is 7.33. The van der Waals surface area contributed by atoms with Crippen molar-refractivity contribution in [3.63, 3.8) is 0 Å². The minimum atomic E-state index is -0.556. The maximum Gasteiger partial charge on any atom is 0.292 e. The number of hydrogen-bond acceptors (Lipinski definition) is 7. The van der Waals surface area contributed by atoms with Gasteiger partial charge in [-0.3, -0.25) is 24.3 Å². The number of nitrogens with one attached hydrogen (secondary N) is 1. The molecule has 166 valence electrons. The lowest BCUT2D eigenvalue weighted by Crippen LogP contribution is -2.27. The number of carbonyl (C=O) groups excluding carboxylic acids is 1. The molecule has 12 heteroatoms. The van der Waals surface area contributed by atoms with Crippen molar-refractivity contribution in [1.82, 2.24) is 19.3 Å². The van der Waals surface area contributed by atoms with E-state index in [0.717, 1.165) is 0 Å². The molecule has 2 aromatic heterocycles. The largest absolute Gasteiger partial charge is 0.320 e. The zero-order valence-corrected chi connectivity index (χ0v) is 18.4. The second kappa shape index (κ2) is 8.34. The van der Waals surface area contributed by atoms with E-state index in [0.29, 0.717) is 32.7 Å². The number of amides is 1. The van der Waals surface area contributed by atoms with Gasteiger partial charge in [0.25, 0.3) is 11.2 Å². The number of halogens is 1. The van der Waals surface area contributed by atoms with Crippen molar-refractivity contribution in [2.45, 2.75) is 17.6 Å². The molecule has 1 N–H and O–H groups in total. The van der Waals surface area contributed by atoms with Crippen LogP contribution in [-0.2, 0) is 4.79 Å². The van der Waals surface area contributed by atoms with E-state index in [1.165, 1.54) is 40.7 Å². The van der Waals surface area contributed by atoms with Gasteiger partial charge in [-0.05, 0) is 24.3 Å². The van der Waals surface area contributed by atoms with Gasteiger partial charge < -0.3 is 5.32 Å². The Morgan fingerprint density at radius 2 is 2.09 bits per heavy atom. The molecular formula is C21H15ClN6O4S. The lowest BCUT2D eigenvalue weighted by atomic mass is 10.2. The summed E-state index contributed by atoms with van der Waals surface area (Å²) in [5, 5.41) is 19.4. The molecule has 1 atom stereocenters. The van der Waals surface area contributed by atoms with Crippen LogP contribution in [0.5, 0.6) is 0 Å². The van der Waals surface area contributed by atoms with Gasteiger partial charge in [0.1, 0.15) is 11.1 Å². The fourth-order valence-electron chi connectivity index (χ4n) is 3.73. The highest BCUT2D eigenvalue weighted by molar-refractivity contribution is 7.99. The average molecular weight is 483 g/mol. The second-order valence-corrected chi connectivity index (χ2v) is 8.76. The molecule has 33 heavy (non-hydrogen) atoms. The Balaban J connectivity index is 1.44. The molecule has 3 heterocycles. The summed E-state index contributed by atoms with van der Waals surface area (Å²) < 4.78 is 3.05. The van der Waals surface area contributed by atoms with Gasteiger partial charge in [0.05, 0.1) is 22.8 Å². The number of nitro groups is 1. The summed E-state index contributed by atoms with van der Waals surface area (Å²) in [4.78, 5) is 41.1. The maximum atomic E-state index is 13.2. The summed E-state index contributed by atoms with van der Waals surface area (Å²) in [5.41, 5.74) is 0.712. The number of rotatable bonds is 5. The van der Waals surface area contributed by atoms with Crippen LogP contribution in [0.15, 0.2) is 64.7 Å². The van der Waals surface area contributed by atoms with E-state index >= 15 is 0 Å². The molecule has 1 aliphatic heterocycles.